The highest BCUT2D eigenvalue weighted by atomic mass is 35.5. The van der Waals surface area contributed by atoms with Crippen molar-refractivity contribution in [2.24, 2.45) is 5.73 Å². The number of ether oxygens (including phenoxy) is 2. The molecular formula is C11H15ClFNO2. The van der Waals surface area contributed by atoms with Crippen LogP contribution in [0.4, 0.5) is 4.39 Å². The van der Waals surface area contributed by atoms with Crippen LogP contribution in [0.1, 0.15) is 19.4 Å². The summed E-state index contributed by atoms with van der Waals surface area (Å²) >= 11 is 5.89. The zero-order chi connectivity index (χ0) is 12.5. The zero-order valence-electron chi connectivity index (χ0n) is 9.73. The predicted molar refractivity (Wildman–Crippen MR) is 61.7 cm³/mol. The molecule has 0 aliphatic rings. The quantitative estimate of drug-likeness (QED) is 0.893. The third kappa shape index (κ3) is 2.23. The summed E-state index contributed by atoms with van der Waals surface area (Å²) in [5, 5.41) is 0.175. The van der Waals surface area contributed by atoms with Crippen molar-refractivity contribution in [3.8, 4) is 11.5 Å². The summed E-state index contributed by atoms with van der Waals surface area (Å²) in [6, 6.07) is 1.56. The van der Waals surface area contributed by atoms with Gasteiger partial charge in [0.05, 0.1) is 19.2 Å². The molecule has 0 radical (unpaired) electrons. The average Bonchev–Trinajstić information content (AvgIpc) is 2.16. The molecule has 0 saturated carbocycles. The summed E-state index contributed by atoms with van der Waals surface area (Å²) in [7, 11) is 2.72. The first kappa shape index (κ1) is 13.1. The van der Waals surface area contributed by atoms with Crippen molar-refractivity contribution in [1.82, 2.24) is 0 Å². The molecule has 1 aromatic carbocycles. The Kier molecular flexibility index (Phi) is 3.65. The second-order valence-corrected chi connectivity index (χ2v) is 4.42. The molecule has 0 bridgehead atoms. The highest BCUT2D eigenvalue weighted by Gasteiger charge is 2.26. The zero-order valence-corrected chi connectivity index (χ0v) is 10.5. The lowest BCUT2D eigenvalue weighted by Gasteiger charge is -2.23. The lowest BCUT2D eigenvalue weighted by molar-refractivity contribution is 0.340. The van der Waals surface area contributed by atoms with Crippen LogP contribution in [-0.4, -0.2) is 14.2 Å². The minimum Gasteiger partial charge on any atom is -0.493 e. The first-order chi connectivity index (χ1) is 7.32. The number of hydrogen-bond acceptors (Lipinski definition) is 3. The summed E-state index contributed by atoms with van der Waals surface area (Å²) in [5.74, 6) is -0.605. The lowest BCUT2D eigenvalue weighted by atomic mass is 9.94. The van der Waals surface area contributed by atoms with E-state index < -0.39 is 11.4 Å². The number of benzene rings is 1. The van der Waals surface area contributed by atoms with Crippen molar-refractivity contribution in [2.75, 3.05) is 14.2 Å². The van der Waals surface area contributed by atoms with Crippen molar-refractivity contribution in [3.05, 3.63) is 22.5 Å². The fourth-order valence-electron chi connectivity index (χ4n) is 1.45. The minimum atomic E-state index is -0.748. The van der Waals surface area contributed by atoms with Crippen molar-refractivity contribution in [3.63, 3.8) is 0 Å². The van der Waals surface area contributed by atoms with Gasteiger partial charge in [-0.05, 0) is 19.9 Å². The number of rotatable bonds is 3. The van der Waals surface area contributed by atoms with Gasteiger partial charge in [0.15, 0.2) is 11.5 Å². The van der Waals surface area contributed by atoms with E-state index in [0.29, 0.717) is 5.56 Å². The van der Waals surface area contributed by atoms with Crippen molar-refractivity contribution < 1.29 is 13.9 Å². The van der Waals surface area contributed by atoms with E-state index >= 15 is 0 Å². The Bertz CT molecular complexity index is 402. The second-order valence-electron chi connectivity index (χ2n) is 4.01. The molecule has 1 rings (SSSR count). The number of nitrogens with two attached hydrogens (primary N) is 1. The summed E-state index contributed by atoms with van der Waals surface area (Å²) < 4.78 is 23.8. The van der Waals surface area contributed by atoms with Crippen LogP contribution >= 0.6 is 11.6 Å². The van der Waals surface area contributed by atoms with Gasteiger partial charge in [-0.25, -0.2) is 0 Å². The van der Waals surface area contributed by atoms with E-state index in [1.54, 1.807) is 19.9 Å². The molecule has 0 aromatic heterocycles. The van der Waals surface area contributed by atoms with Gasteiger partial charge in [0.1, 0.15) is 0 Å². The van der Waals surface area contributed by atoms with Crippen LogP contribution in [0.3, 0.4) is 0 Å². The molecule has 0 amide bonds. The van der Waals surface area contributed by atoms with E-state index in [-0.39, 0.29) is 16.5 Å². The van der Waals surface area contributed by atoms with Crippen LogP contribution < -0.4 is 15.2 Å². The van der Waals surface area contributed by atoms with E-state index in [0.717, 1.165) is 0 Å². The second kappa shape index (κ2) is 4.47. The van der Waals surface area contributed by atoms with Crippen molar-refractivity contribution >= 4 is 11.6 Å². The lowest BCUT2D eigenvalue weighted by Crippen LogP contribution is -2.29. The van der Waals surface area contributed by atoms with Gasteiger partial charge >= 0.3 is 0 Å². The molecule has 0 atom stereocenters. The maximum atomic E-state index is 13.9. The molecule has 0 heterocycles. The van der Waals surface area contributed by atoms with Crippen LogP contribution in [-0.2, 0) is 5.54 Å². The van der Waals surface area contributed by atoms with E-state index in [4.69, 9.17) is 26.8 Å². The monoisotopic (exact) mass is 247 g/mol. The maximum absolute atomic E-state index is 13.9. The standard InChI is InChI=1S/C11H15ClFNO2/c1-11(2,14)6-5-7(12)10(16-4)8(13)9(6)15-3/h5H,14H2,1-4H3. The van der Waals surface area contributed by atoms with Crippen molar-refractivity contribution in [1.29, 1.82) is 0 Å². The Labute approximate surface area is 99.3 Å². The fourth-order valence-corrected chi connectivity index (χ4v) is 1.72. The van der Waals surface area contributed by atoms with E-state index in [2.05, 4.69) is 0 Å². The van der Waals surface area contributed by atoms with E-state index in [1.807, 2.05) is 0 Å². The molecular weight excluding hydrogens is 233 g/mol. The highest BCUT2D eigenvalue weighted by Crippen LogP contribution is 2.40. The van der Waals surface area contributed by atoms with Gasteiger partial charge in [-0.15, -0.1) is 0 Å². The van der Waals surface area contributed by atoms with Crippen molar-refractivity contribution in [2.45, 2.75) is 19.4 Å². The fraction of sp³-hybridized carbons (Fsp3) is 0.455. The van der Waals surface area contributed by atoms with Gasteiger partial charge in [-0.3, -0.25) is 0 Å². The molecule has 0 aliphatic heterocycles. The third-order valence-corrected chi connectivity index (χ3v) is 2.51. The van der Waals surface area contributed by atoms with Gasteiger partial charge in [-0.1, -0.05) is 11.6 Å². The Balaban J connectivity index is 3.53. The van der Waals surface area contributed by atoms with Gasteiger partial charge in [0.2, 0.25) is 5.82 Å². The number of halogens is 2. The number of hydrogen-bond donors (Lipinski definition) is 1. The van der Waals surface area contributed by atoms with Crippen LogP contribution in [0.15, 0.2) is 6.07 Å². The molecule has 0 fully saturated rings. The summed E-state index contributed by atoms with van der Waals surface area (Å²) in [6.07, 6.45) is 0. The summed E-state index contributed by atoms with van der Waals surface area (Å²) in [6.45, 7) is 3.49. The average molecular weight is 248 g/mol. The Morgan fingerprint density at radius 3 is 2.12 bits per heavy atom. The topological polar surface area (TPSA) is 44.5 Å². The molecule has 90 valence electrons. The molecule has 1 aromatic rings. The Morgan fingerprint density at radius 2 is 1.75 bits per heavy atom. The van der Waals surface area contributed by atoms with Gasteiger partial charge in [0.25, 0.3) is 0 Å². The van der Waals surface area contributed by atoms with Gasteiger partial charge < -0.3 is 15.2 Å². The molecule has 3 nitrogen and oxygen atoms in total. The minimum absolute atomic E-state index is 0.0356. The van der Waals surface area contributed by atoms with Gasteiger partial charge in [0, 0.05) is 11.1 Å². The van der Waals surface area contributed by atoms with E-state index in [1.165, 1.54) is 14.2 Å². The molecule has 2 N–H and O–H groups in total. The smallest absolute Gasteiger partial charge is 0.208 e. The van der Waals surface area contributed by atoms with Crippen LogP contribution in [0.25, 0.3) is 0 Å². The van der Waals surface area contributed by atoms with Crippen LogP contribution in [0.2, 0.25) is 5.02 Å². The molecule has 0 spiro atoms. The molecule has 0 saturated heterocycles. The van der Waals surface area contributed by atoms with Gasteiger partial charge in [-0.2, -0.15) is 4.39 Å². The maximum Gasteiger partial charge on any atom is 0.208 e. The molecule has 0 aliphatic carbocycles. The van der Waals surface area contributed by atoms with Crippen LogP contribution in [0, 0.1) is 5.82 Å². The first-order valence-corrected chi connectivity index (χ1v) is 5.10. The number of methoxy groups -OCH3 is 2. The largest absolute Gasteiger partial charge is 0.493 e. The van der Waals surface area contributed by atoms with E-state index in [9.17, 15) is 4.39 Å². The molecule has 5 heteroatoms. The molecule has 16 heavy (non-hydrogen) atoms. The third-order valence-electron chi connectivity index (χ3n) is 2.23. The highest BCUT2D eigenvalue weighted by molar-refractivity contribution is 6.32. The summed E-state index contributed by atoms with van der Waals surface area (Å²) in [4.78, 5) is 0. The molecule has 0 unspecified atom stereocenters. The Hall–Kier alpha value is -1.00. The Morgan fingerprint density at radius 1 is 1.25 bits per heavy atom. The summed E-state index contributed by atoms with van der Waals surface area (Å²) in [5.41, 5.74) is 5.67. The SMILES string of the molecule is COc1c(Cl)cc(C(C)(C)N)c(OC)c1F. The first-order valence-electron chi connectivity index (χ1n) is 4.72. The predicted octanol–water partition coefficient (Wildman–Crippen LogP) is 2.69. The van der Waals surface area contributed by atoms with Crippen LogP contribution in [0.5, 0.6) is 11.5 Å². The normalized spacial score (nSPS) is 11.4.